The van der Waals surface area contributed by atoms with Crippen molar-refractivity contribution >= 4 is 42.2 Å². The number of imidazole rings is 1. The first-order chi connectivity index (χ1) is 13.0. The molecule has 0 radical (unpaired) electrons. The number of benzene rings is 1. The molecule has 3 heterocycles. The summed E-state index contributed by atoms with van der Waals surface area (Å²) in [6.45, 7) is 3.54. The molecular formula is C20H25Cl2N5O2. The summed E-state index contributed by atoms with van der Waals surface area (Å²) in [6.07, 6.45) is 4.62. The fourth-order valence-corrected chi connectivity index (χ4v) is 3.25. The van der Waals surface area contributed by atoms with Crippen molar-refractivity contribution in [3.05, 3.63) is 54.4 Å². The summed E-state index contributed by atoms with van der Waals surface area (Å²) >= 11 is 0. The van der Waals surface area contributed by atoms with Gasteiger partial charge >= 0.3 is 6.03 Å². The summed E-state index contributed by atoms with van der Waals surface area (Å²) in [4.78, 5) is 16.7. The van der Waals surface area contributed by atoms with Gasteiger partial charge in [0.15, 0.2) is 0 Å². The second-order valence-corrected chi connectivity index (χ2v) is 7.13. The van der Waals surface area contributed by atoms with Crippen LogP contribution < -0.4 is 16.0 Å². The first kappa shape index (κ1) is 23.0. The number of urea groups is 1. The Morgan fingerprint density at radius 2 is 2.03 bits per heavy atom. The Kier molecular flexibility index (Phi) is 7.48. The van der Waals surface area contributed by atoms with Gasteiger partial charge in [0, 0.05) is 36.7 Å². The zero-order chi connectivity index (χ0) is 18.9. The number of nitrogens with one attached hydrogen (secondary N) is 3. The molecule has 1 aliphatic rings. The molecule has 0 spiro atoms. The van der Waals surface area contributed by atoms with Crippen LogP contribution in [-0.4, -0.2) is 45.8 Å². The highest BCUT2D eigenvalue weighted by molar-refractivity contribution is 5.89. The van der Waals surface area contributed by atoms with Crippen molar-refractivity contribution in [1.29, 1.82) is 0 Å². The number of fused-ring (bicyclic) bond motifs is 1. The van der Waals surface area contributed by atoms with Crippen LogP contribution in [0.2, 0.25) is 0 Å². The van der Waals surface area contributed by atoms with Crippen molar-refractivity contribution in [3.63, 3.8) is 0 Å². The molecule has 0 bridgehead atoms. The summed E-state index contributed by atoms with van der Waals surface area (Å²) in [5, 5.41) is 18.8. The number of anilines is 1. The highest BCUT2D eigenvalue weighted by Crippen LogP contribution is 2.22. The zero-order valence-electron chi connectivity index (χ0n) is 16.0. The van der Waals surface area contributed by atoms with E-state index >= 15 is 0 Å². The van der Waals surface area contributed by atoms with Crippen LogP contribution >= 0.6 is 24.8 Å². The van der Waals surface area contributed by atoms with Gasteiger partial charge in [-0.2, -0.15) is 0 Å². The lowest BCUT2D eigenvalue weighted by Crippen LogP contribution is -2.45. The van der Waals surface area contributed by atoms with Crippen LogP contribution in [0, 0.1) is 6.92 Å². The van der Waals surface area contributed by atoms with Gasteiger partial charge in [-0.3, -0.25) is 0 Å². The molecule has 1 aliphatic heterocycles. The van der Waals surface area contributed by atoms with E-state index in [0.717, 1.165) is 23.4 Å². The second kappa shape index (κ2) is 9.45. The lowest BCUT2D eigenvalue weighted by Gasteiger charge is -2.21. The number of carbonyl (C=O) groups is 1. The van der Waals surface area contributed by atoms with E-state index in [0.29, 0.717) is 18.7 Å². The molecule has 3 aromatic rings. The van der Waals surface area contributed by atoms with Crippen LogP contribution in [0.25, 0.3) is 16.9 Å². The van der Waals surface area contributed by atoms with Gasteiger partial charge in [0.25, 0.3) is 0 Å². The van der Waals surface area contributed by atoms with Crippen molar-refractivity contribution in [3.8, 4) is 11.3 Å². The average Bonchev–Trinajstić information content (AvgIpc) is 3.27. The number of hydrogen-bond donors (Lipinski definition) is 4. The number of nitrogens with zero attached hydrogens (tertiary/aromatic N) is 2. The fraction of sp³-hybridized carbons (Fsp3) is 0.300. The highest BCUT2D eigenvalue weighted by Gasteiger charge is 2.31. The predicted molar refractivity (Wildman–Crippen MR) is 119 cm³/mol. The molecule has 2 aromatic heterocycles. The standard InChI is InChI=1S/C20H23N5O2.2ClH/c1-14-6-9-25-11-17(24-18(25)10-14)15-2-4-16(5-3-15)23-19(26)22-13-20(27)7-8-21-12-20;;/h2-6,9-11,21,27H,7-8,12-13H2,1H3,(H2,22,23,26);2*1H. The van der Waals surface area contributed by atoms with Gasteiger partial charge in [-0.05, 0) is 49.7 Å². The van der Waals surface area contributed by atoms with Crippen LogP contribution in [0.4, 0.5) is 10.5 Å². The number of halogens is 2. The number of carbonyl (C=O) groups excluding carboxylic acids is 1. The Labute approximate surface area is 181 Å². The Morgan fingerprint density at radius 1 is 1.28 bits per heavy atom. The molecule has 1 saturated heterocycles. The Morgan fingerprint density at radius 3 is 2.72 bits per heavy atom. The molecule has 7 nitrogen and oxygen atoms in total. The van der Waals surface area contributed by atoms with E-state index in [-0.39, 0.29) is 37.4 Å². The Balaban J connectivity index is 0.00000150. The maximum absolute atomic E-state index is 12.0. The minimum absolute atomic E-state index is 0. The maximum Gasteiger partial charge on any atom is 0.319 e. The van der Waals surface area contributed by atoms with Crippen molar-refractivity contribution in [2.45, 2.75) is 18.9 Å². The Hall–Kier alpha value is -2.32. The molecule has 9 heteroatoms. The number of rotatable bonds is 4. The largest absolute Gasteiger partial charge is 0.387 e. The van der Waals surface area contributed by atoms with Gasteiger partial charge in [-0.1, -0.05) is 12.1 Å². The van der Waals surface area contributed by atoms with Gasteiger partial charge in [-0.25, -0.2) is 9.78 Å². The fourth-order valence-electron chi connectivity index (χ4n) is 3.25. The summed E-state index contributed by atoms with van der Waals surface area (Å²) in [5.74, 6) is 0. The van der Waals surface area contributed by atoms with E-state index < -0.39 is 5.60 Å². The lowest BCUT2D eigenvalue weighted by molar-refractivity contribution is 0.0640. The third-order valence-corrected chi connectivity index (χ3v) is 4.85. The second-order valence-electron chi connectivity index (χ2n) is 7.13. The summed E-state index contributed by atoms with van der Waals surface area (Å²) < 4.78 is 1.99. The third-order valence-electron chi connectivity index (χ3n) is 4.85. The first-order valence-corrected chi connectivity index (χ1v) is 9.05. The van der Waals surface area contributed by atoms with E-state index in [1.54, 1.807) is 0 Å². The molecule has 2 amide bonds. The SMILES string of the molecule is Cc1ccn2cc(-c3ccc(NC(=O)NCC4(O)CCNC4)cc3)nc2c1.Cl.Cl. The van der Waals surface area contributed by atoms with Crippen LogP contribution in [0.15, 0.2) is 48.8 Å². The van der Waals surface area contributed by atoms with Crippen molar-refractivity contribution < 1.29 is 9.90 Å². The number of β-amino-alcohol motifs (C(OH)–C–C–N with tert-alkyl or cyclic N) is 1. The monoisotopic (exact) mass is 437 g/mol. The normalized spacial score (nSPS) is 18.0. The number of amides is 2. The maximum atomic E-state index is 12.0. The molecule has 1 unspecified atom stereocenters. The number of pyridine rings is 1. The number of aliphatic hydroxyl groups is 1. The first-order valence-electron chi connectivity index (χ1n) is 9.05. The van der Waals surface area contributed by atoms with Gasteiger partial charge in [-0.15, -0.1) is 24.8 Å². The molecular weight excluding hydrogens is 413 g/mol. The molecule has 1 atom stereocenters. The van der Waals surface area contributed by atoms with Crippen LogP contribution in [0.1, 0.15) is 12.0 Å². The van der Waals surface area contributed by atoms with Crippen molar-refractivity contribution in [2.24, 2.45) is 0 Å². The molecule has 29 heavy (non-hydrogen) atoms. The topological polar surface area (TPSA) is 90.7 Å². The van der Waals surface area contributed by atoms with E-state index in [2.05, 4.69) is 20.9 Å². The van der Waals surface area contributed by atoms with Gasteiger partial charge in [0.05, 0.1) is 11.3 Å². The van der Waals surface area contributed by atoms with Gasteiger partial charge < -0.3 is 25.5 Å². The molecule has 1 fully saturated rings. The van der Waals surface area contributed by atoms with Crippen molar-refractivity contribution in [2.75, 3.05) is 25.0 Å². The van der Waals surface area contributed by atoms with E-state index in [9.17, 15) is 9.90 Å². The lowest BCUT2D eigenvalue weighted by atomic mass is 10.0. The molecule has 0 aliphatic carbocycles. The summed E-state index contributed by atoms with van der Waals surface area (Å²) in [7, 11) is 0. The number of aromatic nitrogens is 2. The molecule has 4 N–H and O–H groups in total. The zero-order valence-corrected chi connectivity index (χ0v) is 17.6. The quantitative estimate of drug-likeness (QED) is 0.504. The highest BCUT2D eigenvalue weighted by atomic mass is 35.5. The minimum atomic E-state index is -0.858. The summed E-state index contributed by atoms with van der Waals surface area (Å²) in [6, 6.07) is 11.3. The molecule has 1 aromatic carbocycles. The Bertz CT molecular complexity index is 969. The molecule has 4 rings (SSSR count). The van der Waals surface area contributed by atoms with E-state index in [1.807, 2.05) is 60.1 Å². The van der Waals surface area contributed by atoms with E-state index in [4.69, 9.17) is 0 Å². The third kappa shape index (κ3) is 5.39. The van der Waals surface area contributed by atoms with E-state index in [1.165, 1.54) is 5.56 Å². The molecule has 156 valence electrons. The number of hydrogen-bond acceptors (Lipinski definition) is 4. The average molecular weight is 438 g/mol. The van der Waals surface area contributed by atoms with Crippen LogP contribution in [0.5, 0.6) is 0 Å². The predicted octanol–water partition coefficient (Wildman–Crippen LogP) is 3.00. The summed E-state index contributed by atoms with van der Waals surface area (Å²) in [5.41, 5.74) is 3.77. The van der Waals surface area contributed by atoms with Crippen LogP contribution in [-0.2, 0) is 0 Å². The van der Waals surface area contributed by atoms with Gasteiger partial charge in [0.1, 0.15) is 5.65 Å². The number of aryl methyl sites for hydroxylation is 1. The minimum Gasteiger partial charge on any atom is -0.387 e. The smallest absolute Gasteiger partial charge is 0.319 e. The van der Waals surface area contributed by atoms with Crippen molar-refractivity contribution in [1.82, 2.24) is 20.0 Å². The van der Waals surface area contributed by atoms with Crippen LogP contribution in [0.3, 0.4) is 0 Å². The molecule has 0 saturated carbocycles. The van der Waals surface area contributed by atoms with Gasteiger partial charge in [0.2, 0.25) is 0 Å².